The molecule has 1 atom stereocenters. The third kappa shape index (κ3) is 5.56. The molecule has 1 aliphatic rings. The lowest BCUT2D eigenvalue weighted by molar-refractivity contribution is -0.141. The fourth-order valence-corrected chi connectivity index (χ4v) is 2.80. The number of carboxylic acids is 1. The lowest BCUT2D eigenvalue weighted by Crippen LogP contribution is -2.36. The number of aliphatic carboxylic acids is 1. The van der Waals surface area contributed by atoms with E-state index in [2.05, 4.69) is 15.6 Å². The molecule has 1 saturated heterocycles. The van der Waals surface area contributed by atoms with Crippen molar-refractivity contribution >= 4 is 35.6 Å². The van der Waals surface area contributed by atoms with Gasteiger partial charge < -0.3 is 20.9 Å². The molecule has 4 amide bonds. The molecule has 5 N–H and O–H groups in total. The fourth-order valence-electron chi connectivity index (χ4n) is 2.80. The molecule has 0 aromatic heterocycles. The van der Waals surface area contributed by atoms with Gasteiger partial charge in [0.25, 0.3) is 5.91 Å². The van der Waals surface area contributed by atoms with E-state index in [9.17, 15) is 19.2 Å². The predicted octanol–water partition coefficient (Wildman–Crippen LogP) is 1.24. The largest absolute Gasteiger partial charge is 0.480 e. The number of aliphatic imine (C=N–C) groups is 1. The molecule has 11 heteroatoms. The molecular formula is C20H19N5O6. The van der Waals surface area contributed by atoms with Gasteiger partial charge in [-0.15, -0.1) is 0 Å². The van der Waals surface area contributed by atoms with Crippen molar-refractivity contribution in [3.63, 3.8) is 0 Å². The van der Waals surface area contributed by atoms with Gasteiger partial charge in [0.15, 0.2) is 0 Å². The molecule has 11 nitrogen and oxygen atoms in total. The SMILES string of the molecule is NC(=Nc1ccc(C2NC(=O)N(CC(=O)O)C2=O)cc1)NC(=O)OCc1ccccc1. The molecule has 1 fully saturated rings. The van der Waals surface area contributed by atoms with Crippen LogP contribution in [0.1, 0.15) is 17.2 Å². The third-order valence-corrected chi connectivity index (χ3v) is 4.24. The van der Waals surface area contributed by atoms with E-state index in [1.807, 2.05) is 30.3 Å². The van der Waals surface area contributed by atoms with E-state index in [0.717, 1.165) is 5.56 Å². The Kier molecular flexibility index (Phi) is 6.45. The minimum Gasteiger partial charge on any atom is -0.480 e. The first-order valence-electron chi connectivity index (χ1n) is 9.09. The number of carboxylic acid groups (broad SMARTS) is 1. The fraction of sp³-hybridized carbons (Fsp3) is 0.150. The molecule has 2 aromatic carbocycles. The smallest absolute Gasteiger partial charge is 0.414 e. The van der Waals surface area contributed by atoms with Gasteiger partial charge in [-0.1, -0.05) is 42.5 Å². The Morgan fingerprint density at radius 3 is 2.45 bits per heavy atom. The lowest BCUT2D eigenvalue weighted by Gasteiger charge is -2.10. The summed E-state index contributed by atoms with van der Waals surface area (Å²) in [6, 6.07) is 13.5. The van der Waals surface area contributed by atoms with E-state index < -0.39 is 36.6 Å². The summed E-state index contributed by atoms with van der Waals surface area (Å²) in [6.45, 7) is -0.638. The van der Waals surface area contributed by atoms with Crippen molar-refractivity contribution < 1.29 is 29.0 Å². The number of carbonyl (C=O) groups is 4. The number of amides is 4. The highest BCUT2D eigenvalue weighted by Crippen LogP contribution is 2.24. The summed E-state index contributed by atoms with van der Waals surface area (Å²) in [5.74, 6) is -2.14. The highest BCUT2D eigenvalue weighted by Gasteiger charge is 2.39. The number of hydrogen-bond donors (Lipinski definition) is 4. The van der Waals surface area contributed by atoms with Crippen LogP contribution < -0.4 is 16.4 Å². The van der Waals surface area contributed by atoms with Crippen molar-refractivity contribution in [1.82, 2.24) is 15.5 Å². The number of alkyl carbamates (subject to hydrolysis) is 1. The van der Waals surface area contributed by atoms with Crippen molar-refractivity contribution in [1.29, 1.82) is 0 Å². The molecule has 0 bridgehead atoms. The lowest BCUT2D eigenvalue weighted by atomic mass is 10.1. The van der Waals surface area contributed by atoms with Crippen molar-refractivity contribution in [2.75, 3.05) is 6.54 Å². The number of ether oxygens (including phenoxy) is 1. The molecule has 0 saturated carbocycles. The number of carbonyl (C=O) groups excluding carboxylic acids is 3. The number of nitrogens with two attached hydrogens (primary N) is 1. The van der Waals surface area contributed by atoms with Gasteiger partial charge >= 0.3 is 18.1 Å². The highest BCUT2D eigenvalue weighted by molar-refractivity contribution is 6.06. The van der Waals surface area contributed by atoms with Crippen LogP contribution in [0.25, 0.3) is 0 Å². The van der Waals surface area contributed by atoms with Gasteiger partial charge in [0.2, 0.25) is 5.96 Å². The van der Waals surface area contributed by atoms with Gasteiger partial charge in [-0.05, 0) is 23.3 Å². The summed E-state index contributed by atoms with van der Waals surface area (Å²) >= 11 is 0. The minimum atomic E-state index is -1.29. The number of guanidine groups is 1. The number of nitrogens with one attached hydrogen (secondary N) is 2. The van der Waals surface area contributed by atoms with Crippen molar-refractivity contribution in [2.24, 2.45) is 10.7 Å². The van der Waals surface area contributed by atoms with Gasteiger partial charge in [-0.3, -0.25) is 19.8 Å². The van der Waals surface area contributed by atoms with E-state index in [-0.39, 0.29) is 12.6 Å². The summed E-state index contributed by atoms with van der Waals surface area (Å²) in [6.07, 6.45) is -0.764. The molecule has 31 heavy (non-hydrogen) atoms. The molecule has 1 unspecified atom stereocenters. The van der Waals surface area contributed by atoms with Crippen LogP contribution in [0.4, 0.5) is 15.3 Å². The zero-order valence-corrected chi connectivity index (χ0v) is 16.1. The molecule has 1 heterocycles. The van der Waals surface area contributed by atoms with Crippen LogP contribution in [0.2, 0.25) is 0 Å². The Bertz CT molecular complexity index is 1020. The van der Waals surface area contributed by atoms with Gasteiger partial charge in [-0.25, -0.2) is 14.6 Å². The zero-order valence-electron chi connectivity index (χ0n) is 16.1. The first kappa shape index (κ1) is 21.3. The van der Waals surface area contributed by atoms with Crippen LogP contribution in [0.15, 0.2) is 59.6 Å². The van der Waals surface area contributed by atoms with E-state index in [1.54, 1.807) is 0 Å². The number of hydrogen-bond acceptors (Lipinski definition) is 6. The molecule has 3 rings (SSSR count). The standard InChI is InChI=1S/C20H19N5O6/c21-18(24-20(30)31-11-12-4-2-1-3-5-12)22-14-8-6-13(7-9-14)16-17(28)25(10-15(26)27)19(29)23-16/h1-9,16H,10-11H2,(H,23,29)(H,26,27)(H3,21,22,24,30). The molecule has 0 radical (unpaired) electrons. The Morgan fingerprint density at radius 2 is 1.81 bits per heavy atom. The number of benzene rings is 2. The molecule has 0 spiro atoms. The maximum absolute atomic E-state index is 12.3. The van der Waals surface area contributed by atoms with Crippen LogP contribution in [-0.2, 0) is 20.9 Å². The highest BCUT2D eigenvalue weighted by atomic mass is 16.5. The molecule has 2 aromatic rings. The Balaban J connectivity index is 1.57. The van der Waals surface area contributed by atoms with Gasteiger partial charge in [-0.2, -0.15) is 0 Å². The van der Waals surface area contributed by atoms with Crippen LogP contribution in [0.3, 0.4) is 0 Å². The maximum Gasteiger partial charge on any atom is 0.414 e. The van der Waals surface area contributed by atoms with Crippen LogP contribution in [0.5, 0.6) is 0 Å². The summed E-state index contributed by atoms with van der Waals surface area (Å²) in [7, 11) is 0. The first-order chi connectivity index (χ1) is 14.8. The average Bonchev–Trinajstić information content (AvgIpc) is 3.01. The van der Waals surface area contributed by atoms with E-state index in [1.165, 1.54) is 24.3 Å². The van der Waals surface area contributed by atoms with Crippen molar-refractivity contribution in [3.05, 3.63) is 65.7 Å². The second-order valence-corrected chi connectivity index (χ2v) is 6.48. The second-order valence-electron chi connectivity index (χ2n) is 6.48. The average molecular weight is 425 g/mol. The summed E-state index contributed by atoms with van der Waals surface area (Å²) in [5.41, 5.74) is 7.35. The third-order valence-electron chi connectivity index (χ3n) is 4.24. The van der Waals surface area contributed by atoms with Crippen molar-refractivity contribution in [3.8, 4) is 0 Å². The second kappa shape index (κ2) is 9.39. The predicted molar refractivity (Wildman–Crippen MR) is 108 cm³/mol. The topological polar surface area (TPSA) is 163 Å². The molecule has 0 aliphatic carbocycles. The number of rotatable bonds is 6. The van der Waals surface area contributed by atoms with Crippen LogP contribution in [-0.4, -0.2) is 46.5 Å². The van der Waals surface area contributed by atoms with E-state index in [0.29, 0.717) is 16.2 Å². The number of nitrogens with zero attached hydrogens (tertiary/aromatic N) is 2. The van der Waals surface area contributed by atoms with E-state index in [4.69, 9.17) is 15.6 Å². The zero-order chi connectivity index (χ0) is 22.4. The molecule has 1 aliphatic heterocycles. The van der Waals surface area contributed by atoms with Crippen LogP contribution >= 0.6 is 0 Å². The summed E-state index contributed by atoms with van der Waals surface area (Å²) in [5, 5.41) is 13.5. The monoisotopic (exact) mass is 425 g/mol. The van der Waals surface area contributed by atoms with Crippen molar-refractivity contribution in [2.45, 2.75) is 12.6 Å². The van der Waals surface area contributed by atoms with Crippen LogP contribution in [0, 0.1) is 0 Å². The Hall–Kier alpha value is -4.41. The summed E-state index contributed by atoms with van der Waals surface area (Å²) < 4.78 is 5.05. The number of urea groups is 1. The normalized spacial score (nSPS) is 16.1. The Labute approximate surface area is 176 Å². The maximum atomic E-state index is 12.3. The molecule has 160 valence electrons. The summed E-state index contributed by atoms with van der Waals surface area (Å²) in [4.78, 5) is 51.3. The minimum absolute atomic E-state index is 0.0781. The van der Waals surface area contributed by atoms with Gasteiger partial charge in [0, 0.05) is 0 Å². The van der Waals surface area contributed by atoms with E-state index >= 15 is 0 Å². The quantitative estimate of drug-likeness (QED) is 0.307. The Morgan fingerprint density at radius 1 is 1.13 bits per heavy atom. The van der Waals surface area contributed by atoms with Gasteiger partial charge in [0.1, 0.15) is 19.2 Å². The molecular weight excluding hydrogens is 406 g/mol. The number of imide groups is 1. The first-order valence-corrected chi connectivity index (χ1v) is 9.09. The van der Waals surface area contributed by atoms with Gasteiger partial charge in [0.05, 0.1) is 5.69 Å².